The van der Waals surface area contributed by atoms with Crippen LogP contribution in [0.25, 0.3) is 0 Å². The molecule has 0 aliphatic carbocycles. The maximum Gasteiger partial charge on any atom is 0.230 e. The largest absolute Gasteiger partial charge is 0.474 e. The predicted octanol–water partition coefficient (Wildman–Crippen LogP) is 1.78. The molecule has 0 amide bonds. The molecule has 94 valence electrons. The zero-order valence-electron chi connectivity index (χ0n) is 10.4. The molecule has 17 heavy (non-hydrogen) atoms. The Kier molecular flexibility index (Phi) is 2.82. The Labute approximate surface area is 102 Å². The molecule has 4 heteroatoms. The summed E-state index contributed by atoms with van der Waals surface area (Å²) in [5.41, 5.74) is -0.0677. The van der Waals surface area contributed by atoms with Crippen molar-refractivity contribution in [1.29, 1.82) is 0 Å². The predicted molar refractivity (Wildman–Crippen MR) is 65.8 cm³/mol. The number of rotatable bonds is 2. The van der Waals surface area contributed by atoms with Crippen LogP contribution in [0.4, 0.5) is 0 Å². The van der Waals surface area contributed by atoms with Crippen molar-refractivity contribution in [3.63, 3.8) is 0 Å². The molecule has 0 aromatic carbocycles. The lowest BCUT2D eigenvalue weighted by Gasteiger charge is -2.49. The molecule has 0 saturated carbocycles. The molecule has 4 heterocycles. The van der Waals surface area contributed by atoms with Crippen molar-refractivity contribution < 1.29 is 9.57 Å². The number of allylic oxidation sites excluding steroid dienone is 1. The first-order valence-corrected chi connectivity index (χ1v) is 6.54. The van der Waals surface area contributed by atoms with Crippen LogP contribution in [0.3, 0.4) is 0 Å². The molecule has 1 unspecified atom stereocenters. The number of oxime groups is 1. The van der Waals surface area contributed by atoms with E-state index in [0.717, 1.165) is 18.9 Å². The third-order valence-electron chi connectivity index (χ3n) is 4.18. The number of hydrogen-bond acceptors (Lipinski definition) is 4. The fourth-order valence-corrected chi connectivity index (χ4v) is 3.21. The molecule has 2 bridgehead atoms. The average Bonchev–Trinajstić information content (AvgIpc) is 2.74. The molecule has 1 spiro atoms. The van der Waals surface area contributed by atoms with E-state index in [-0.39, 0.29) is 5.60 Å². The van der Waals surface area contributed by atoms with Gasteiger partial charge in [-0.3, -0.25) is 4.90 Å². The molecule has 3 fully saturated rings. The van der Waals surface area contributed by atoms with E-state index in [1.54, 1.807) is 0 Å². The van der Waals surface area contributed by atoms with Crippen LogP contribution in [-0.4, -0.2) is 42.6 Å². The van der Waals surface area contributed by atoms with Crippen LogP contribution >= 0.6 is 0 Å². The minimum absolute atomic E-state index is 0.0677. The first-order valence-electron chi connectivity index (χ1n) is 6.54. The molecule has 4 aliphatic rings. The van der Waals surface area contributed by atoms with Gasteiger partial charge >= 0.3 is 0 Å². The lowest BCUT2D eigenvalue weighted by Crippen LogP contribution is -2.59. The van der Waals surface area contributed by atoms with Gasteiger partial charge in [-0.25, -0.2) is 0 Å². The third kappa shape index (κ3) is 1.95. The second-order valence-electron chi connectivity index (χ2n) is 5.25. The number of ether oxygens (including phenoxy) is 1. The minimum Gasteiger partial charge on any atom is -0.474 e. The van der Waals surface area contributed by atoms with Gasteiger partial charge in [0.1, 0.15) is 6.61 Å². The van der Waals surface area contributed by atoms with Gasteiger partial charge in [0.25, 0.3) is 0 Å². The molecule has 0 aromatic rings. The third-order valence-corrected chi connectivity index (χ3v) is 4.18. The van der Waals surface area contributed by atoms with Crippen LogP contribution in [0.15, 0.2) is 17.3 Å². The van der Waals surface area contributed by atoms with Gasteiger partial charge in [0.05, 0.1) is 6.42 Å². The van der Waals surface area contributed by atoms with Gasteiger partial charge in [0, 0.05) is 12.5 Å². The Balaban J connectivity index is 1.61. The van der Waals surface area contributed by atoms with E-state index in [1.165, 1.54) is 25.9 Å². The second-order valence-corrected chi connectivity index (χ2v) is 5.25. The van der Waals surface area contributed by atoms with Gasteiger partial charge in [-0.2, -0.15) is 0 Å². The van der Waals surface area contributed by atoms with Crippen LogP contribution in [0, 0.1) is 5.92 Å². The summed E-state index contributed by atoms with van der Waals surface area (Å²) in [6.45, 7) is 6.07. The van der Waals surface area contributed by atoms with E-state index in [4.69, 9.17) is 9.57 Å². The summed E-state index contributed by atoms with van der Waals surface area (Å²) < 4.78 is 5.60. The van der Waals surface area contributed by atoms with E-state index in [1.807, 2.05) is 19.1 Å². The monoisotopic (exact) mass is 236 g/mol. The summed E-state index contributed by atoms with van der Waals surface area (Å²) in [4.78, 5) is 8.25. The molecule has 0 radical (unpaired) electrons. The van der Waals surface area contributed by atoms with Gasteiger partial charge in [-0.05, 0) is 32.9 Å². The van der Waals surface area contributed by atoms with Crippen molar-refractivity contribution >= 4 is 5.90 Å². The van der Waals surface area contributed by atoms with Crippen molar-refractivity contribution in [2.75, 3.05) is 26.2 Å². The first-order chi connectivity index (χ1) is 8.32. The van der Waals surface area contributed by atoms with E-state index in [9.17, 15) is 0 Å². The highest BCUT2D eigenvalue weighted by molar-refractivity contribution is 5.78. The fourth-order valence-electron chi connectivity index (χ4n) is 3.21. The van der Waals surface area contributed by atoms with Crippen LogP contribution in [-0.2, 0) is 9.57 Å². The first kappa shape index (κ1) is 11.1. The fraction of sp³-hybridized carbons (Fsp3) is 0.769. The number of piperidine rings is 3. The summed E-state index contributed by atoms with van der Waals surface area (Å²) in [5, 5.41) is 4.14. The van der Waals surface area contributed by atoms with E-state index in [0.29, 0.717) is 12.5 Å². The molecule has 0 aromatic heterocycles. The molecule has 1 atom stereocenters. The van der Waals surface area contributed by atoms with Gasteiger partial charge < -0.3 is 9.57 Å². The van der Waals surface area contributed by atoms with Crippen LogP contribution in [0.5, 0.6) is 0 Å². The van der Waals surface area contributed by atoms with Gasteiger partial charge in [0.2, 0.25) is 5.90 Å². The quantitative estimate of drug-likeness (QED) is 0.685. The topological polar surface area (TPSA) is 34.1 Å². The summed E-state index contributed by atoms with van der Waals surface area (Å²) >= 11 is 0. The molecular formula is C13H20N2O2. The molecular weight excluding hydrogens is 216 g/mol. The van der Waals surface area contributed by atoms with Crippen molar-refractivity contribution in [3.8, 4) is 0 Å². The molecule has 4 rings (SSSR count). The summed E-state index contributed by atoms with van der Waals surface area (Å²) in [7, 11) is 0. The van der Waals surface area contributed by atoms with E-state index >= 15 is 0 Å². The smallest absolute Gasteiger partial charge is 0.230 e. The minimum atomic E-state index is -0.0677. The van der Waals surface area contributed by atoms with Crippen LogP contribution in [0.1, 0.15) is 26.2 Å². The number of nitrogens with zero attached hydrogens (tertiary/aromatic N) is 2. The van der Waals surface area contributed by atoms with Crippen LogP contribution < -0.4 is 0 Å². The summed E-state index contributed by atoms with van der Waals surface area (Å²) in [5.74, 6) is 1.44. The highest BCUT2D eigenvalue weighted by Crippen LogP contribution is 2.43. The molecule has 0 N–H and O–H groups in total. The Morgan fingerprint density at radius 1 is 1.53 bits per heavy atom. The Bertz CT molecular complexity index is 345. The standard InChI is InChI=1S/C13H20N2O2/c1-2-3-8-16-12-9-13(17-14-12)10-15-6-4-11(13)5-7-15/h2-3,11H,4-10H2,1H3/b3-2+. The average molecular weight is 236 g/mol. The normalized spacial score (nSPS) is 39.7. The summed E-state index contributed by atoms with van der Waals surface area (Å²) in [6, 6.07) is 0. The van der Waals surface area contributed by atoms with Crippen LogP contribution in [0.2, 0.25) is 0 Å². The zero-order chi connectivity index (χ0) is 11.7. The van der Waals surface area contributed by atoms with Crippen molar-refractivity contribution in [1.82, 2.24) is 4.90 Å². The Hall–Kier alpha value is -1.03. The lowest BCUT2D eigenvalue weighted by molar-refractivity contribution is -0.136. The Morgan fingerprint density at radius 2 is 2.35 bits per heavy atom. The van der Waals surface area contributed by atoms with E-state index in [2.05, 4.69) is 10.1 Å². The highest BCUT2D eigenvalue weighted by Gasteiger charge is 2.52. The van der Waals surface area contributed by atoms with Crippen molar-refractivity contribution in [2.24, 2.45) is 11.1 Å². The molecule has 3 saturated heterocycles. The van der Waals surface area contributed by atoms with E-state index < -0.39 is 0 Å². The molecule has 4 nitrogen and oxygen atoms in total. The van der Waals surface area contributed by atoms with Crippen molar-refractivity contribution in [2.45, 2.75) is 31.8 Å². The van der Waals surface area contributed by atoms with Gasteiger partial charge in [-0.1, -0.05) is 17.3 Å². The zero-order valence-corrected chi connectivity index (χ0v) is 10.4. The SMILES string of the molecule is C/C=C/COC1=NOC2(C1)CN1CCC2CC1. The number of hydrogen-bond donors (Lipinski definition) is 0. The maximum absolute atomic E-state index is 5.76. The summed E-state index contributed by atoms with van der Waals surface area (Å²) in [6.07, 6.45) is 7.32. The maximum atomic E-state index is 5.76. The van der Waals surface area contributed by atoms with Gasteiger partial charge in [0.15, 0.2) is 5.60 Å². The second kappa shape index (κ2) is 4.33. The highest BCUT2D eigenvalue weighted by atomic mass is 16.7. The lowest BCUT2D eigenvalue weighted by atomic mass is 9.74. The number of fused-ring (bicyclic) bond motifs is 2. The van der Waals surface area contributed by atoms with Gasteiger partial charge in [-0.15, -0.1) is 0 Å². The molecule has 4 aliphatic heterocycles. The Morgan fingerprint density at radius 3 is 3.00 bits per heavy atom. The van der Waals surface area contributed by atoms with Crippen molar-refractivity contribution in [3.05, 3.63) is 12.2 Å².